The Bertz CT molecular complexity index is 762. The van der Waals surface area contributed by atoms with Crippen molar-refractivity contribution in [3.63, 3.8) is 0 Å². The number of pyridine rings is 1. The highest BCUT2D eigenvalue weighted by atomic mass is 35.5. The van der Waals surface area contributed by atoms with Crippen molar-refractivity contribution in [2.45, 2.75) is 32.2 Å². The van der Waals surface area contributed by atoms with Crippen LogP contribution in [-0.4, -0.2) is 46.9 Å². The van der Waals surface area contributed by atoms with Crippen molar-refractivity contribution in [1.82, 2.24) is 14.8 Å². The van der Waals surface area contributed by atoms with E-state index in [2.05, 4.69) is 22.0 Å². The molecule has 5 heteroatoms. The normalized spacial score (nSPS) is 19.1. The van der Waals surface area contributed by atoms with Crippen molar-refractivity contribution in [1.29, 1.82) is 0 Å². The molecule has 0 bridgehead atoms. The third-order valence-corrected chi connectivity index (χ3v) is 6.24. The van der Waals surface area contributed by atoms with E-state index in [-0.39, 0.29) is 5.91 Å². The number of benzene rings is 1. The van der Waals surface area contributed by atoms with Crippen molar-refractivity contribution < 1.29 is 4.79 Å². The van der Waals surface area contributed by atoms with E-state index < -0.39 is 0 Å². The summed E-state index contributed by atoms with van der Waals surface area (Å²) in [6.45, 7) is 5.09. The molecule has 142 valence electrons. The predicted molar refractivity (Wildman–Crippen MR) is 108 cm³/mol. The highest BCUT2D eigenvalue weighted by molar-refractivity contribution is 6.30. The lowest BCUT2D eigenvalue weighted by Gasteiger charge is -2.54. The van der Waals surface area contributed by atoms with E-state index in [0.717, 1.165) is 49.7 Å². The monoisotopic (exact) mass is 383 g/mol. The second-order valence-corrected chi connectivity index (χ2v) is 8.45. The van der Waals surface area contributed by atoms with Gasteiger partial charge in [-0.05, 0) is 61.7 Å². The first kappa shape index (κ1) is 18.5. The van der Waals surface area contributed by atoms with Gasteiger partial charge in [0.1, 0.15) is 0 Å². The summed E-state index contributed by atoms with van der Waals surface area (Å²) in [4.78, 5) is 21.1. The molecule has 0 saturated carbocycles. The molecule has 0 radical (unpaired) electrons. The number of hydrogen-bond acceptors (Lipinski definition) is 3. The van der Waals surface area contributed by atoms with Gasteiger partial charge in [0.2, 0.25) is 5.91 Å². The number of amides is 1. The van der Waals surface area contributed by atoms with Gasteiger partial charge in [0, 0.05) is 48.9 Å². The molecule has 1 amide bonds. The number of carbonyl (C=O) groups is 1. The van der Waals surface area contributed by atoms with Crippen LogP contribution in [0, 0.1) is 5.41 Å². The lowest BCUT2D eigenvalue weighted by atomic mass is 9.71. The van der Waals surface area contributed by atoms with Gasteiger partial charge in [-0.25, -0.2) is 0 Å². The fraction of sp³-hybridized carbons (Fsp3) is 0.455. The van der Waals surface area contributed by atoms with E-state index >= 15 is 0 Å². The van der Waals surface area contributed by atoms with Crippen LogP contribution < -0.4 is 0 Å². The Labute approximate surface area is 166 Å². The maximum atomic E-state index is 12.4. The first-order valence-electron chi connectivity index (χ1n) is 9.75. The molecule has 0 N–H and O–H groups in total. The van der Waals surface area contributed by atoms with Crippen LogP contribution in [0.2, 0.25) is 5.02 Å². The minimum atomic E-state index is 0.285. The summed E-state index contributed by atoms with van der Waals surface area (Å²) in [5.41, 5.74) is 2.81. The Kier molecular flexibility index (Phi) is 5.46. The summed E-state index contributed by atoms with van der Waals surface area (Å²) in [6.07, 6.45) is 7.36. The average Bonchev–Trinajstić information content (AvgIpc) is 2.68. The zero-order chi connectivity index (χ0) is 18.7. The van der Waals surface area contributed by atoms with Crippen LogP contribution in [0.3, 0.4) is 0 Å². The molecule has 1 aromatic heterocycles. The maximum absolute atomic E-state index is 12.4. The van der Waals surface area contributed by atoms with Gasteiger partial charge in [-0.15, -0.1) is 0 Å². The summed E-state index contributed by atoms with van der Waals surface area (Å²) in [5.74, 6) is 0.285. The molecule has 2 aliphatic rings. The maximum Gasteiger partial charge on any atom is 0.222 e. The van der Waals surface area contributed by atoms with Crippen LogP contribution >= 0.6 is 11.6 Å². The number of carbonyl (C=O) groups excluding carboxylic acids is 1. The van der Waals surface area contributed by atoms with Gasteiger partial charge in [-0.2, -0.15) is 0 Å². The number of piperidine rings is 1. The largest absolute Gasteiger partial charge is 0.341 e. The fourth-order valence-corrected chi connectivity index (χ4v) is 4.37. The van der Waals surface area contributed by atoms with Crippen LogP contribution in [0.4, 0.5) is 0 Å². The minimum Gasteiger partial charge on any atom is -0.341 e. The van der Waals surface area contributed by atoms with Crippen molar-refractivity contribution in [3.8, 4) is 0 Å². The number of aromatic nitrogens is 1. The van der Waals surface area contributed by atoms with E-state index in [4.69, 9.17) is 11.6 Å². The second kappa shape index (κ2) is 7.99. The smallest absolute Gasteiger partial charge is 0.222 e. The second-order valence-electron chi connectivity index (χ2n) is 8.01. The van der Waals surface area contributed by atoms with E-state index in [0.29, 0.717) is 11.8 Å². The molecule has 0 unspecified atom stereocenters. The lowest BCUT2D eigenvalue weighted by Crippen LogP contribution is -2.61. The Morgan fingerprint density at radius 1 is 1.07 bits per heavy atom. The number of halogens is 1. The zero-order valence-corrected chi connectivity index (χ0v) is 16.4. The molecule has 2 fully saturated rings. The van der Waals surface area contributed by atoms with E-state index in [1.807, 2.05) is 35.4 Å². The summed E-state index contributed by atoms with van der Waals surface area (Å²) < 4.78 is 0. The predicted octanol–water partition coefficient (Wildman–Crippen LogP) is 3.79. The quantitative estimate of drug-likeness (QED) is 0.788. The summed E-state index contributed by atoms with van der Waals surface area (Å²) in [7, 11) is 0. The molecule has 2 saturated heterocycles. The van der Waals surface area contributed by atoms with Crippen LogP contribution in [0.1, 0.15) is 30.4 Å². The topological polar surface area (TPSA) is 36.4 Å². The highest BCUT2D eigenvalue weighted by Crippen LogP contribution is 2.41. The van der Waals surface area contributed by atoms with Crippen molar-refractivity contribution in [3.05, 3.63) is 64.9 Å². The molecule has 4 nitrogen and oxygen atoms in total. The average molecular weight is 384 g/mol. The molecule has 4 rings (SSSR count). The summed E-state index contributed by atoms with van der Waals surface area (Å²) in [6, 6.07) is 12.1. The standard InChI is InChI=1S/C22H26ClN3O/c23-20-6-3-19(4-7-20)15-25-12-9-22(10-13-25)16-26(17-22)21(27)8-5-18-2-1-11-24-14-18/h1-4,6-7,11,14H,5,8-10,12-13,15-17H2. The van der Waals surface area contributed by atoms with Crippen molar-refractivity contribution >= 4 is 17.5 Å². The Balaban J connectivity index is 1.20. The van der Waals surface area contributed by atoms with Gasteiger partial charge in [-0.1, -0.05) is 29.8 Å². The lowest BCUT2D eigenvalue weighted by molar-refractivity contribution is -0.146. The third kappa shape index (κ3) is 4.50. The Morgan fingerprint density at radius 2 is 1.81 bits per heavy atom. The fourth-order valence-electron chi connectivity index (χ4n) is 4.24. The van der Waals surface area contributed by atoms with Gasteiger partial charge >= 0.3 is 0 Å². The number of nitrogens with zero attached hydrogens (tertiary/aromatic N) is 3. The summed E-state index contributed by atoms with van der Waals surface area (Å²) >= 11 is 5.97. The van der Waals surface area contributed by atoms with Crippen LogP contribution in [0.15, 0.2) is 48.8 Å². The van der Waals surface area contributed by atoms with Crippen molar-refractivity contribution in [2.24, 2.45) is 5.41 Å². The van der Waals surface area contributed by atoms with Gasteiger partial charge in [0.15, 0.2) is 0 Å². The van der Waals surface area contributed by atoms with Gasteiger partial charge in [0.25, 0.3) is 0 Å². The molecular formula is C22H26ClN3O. The highest BCUT2D eigenvalue weighted by Gasteiger charge is 2.46. The summed E-state index contributed by atoms with van der Waals surface area (Å²) in [5, 5.41) is 0.791. The molecule has 1 spiro atoms. The molecular weight excluding hydrogens is 358 g/mol. The van der Waals surface area contributed by atoms with E-state index in [1.54, 1.807) is 6.20 Å². The first-order chi connectivity index (χ1) is 13.1. The molecule has 27 heavy (non-hydrogen) atoms. The molecule has 3 heterocycles. The number of rotatable bonds is 5. The number of hydrogen-bond donors (Lipinski definition) is 0. The number of aryl methyl sites for hydroxylation is 1. The van der Waals surface area contributed by atoms with E-state index in [9.17, 15) is 4.79 Å². The first-order valence-corrected chi connectivity index (χ1v) is 10.1. The van der Waals surface area contributed by atoms with Crippen LogP contribution in [0.25, 0.3) is 0 Å². The van der Waals surface area contributed by atoms with Crippen LogP contribution in [-0.2, 0) is 17.8 Å². The van der Waals surface area contributed by atoms with E-state index in [1.165, 1.54) is 18.4 Å². The minimum absolute atomic E-state index is 0.285. The molecule has 0 aliphatic carbocycles. The van der Waals surface area contributed by atoms with Gasteiger partial charge < -0.3 is 4.90 Å². The van der Waals surface area contributed by atoms with Crippen molar-refractivity contribution in [2.75, 3.05) is 26.2 Å². The van der Waals surface area contributed by atoms with Crippen LogP contribution in [0.5, 0.6) is 0 Å². The Morgan fingerprint density at radius 3 is 2.48 bits per heavy atom. The zero-order valence-electron chi connectivity index (χ0n) is 15.6. The third-order valence-electron chi connectivity index (χ3n) is 5.99. The Hall–Kier alpha value is -1.91. The van der Waals surface area contributed by atoms with Gasteiger partial charge in [0.05, 0.1) is 0 Å². The SMILES string of the molecule is O=C(CCc1cccnc1)N1CC2(CCN(Cc3ccc(Cl)cc3)CC2)C1. The number of likely N-dealkylation sites (tertiary alicyclic amines) is 2. The molecule has 0 atom stereocenters. The molecule has 2 aliphatic heterocycles. The molecule has 2 aromatic rings. The van der Waals surface area contributed by atoms with Gasteiger partial charge in [-0.3, -0.25) is 14.7 Å². The molecule has 1 aromatic carbocycles.